The molecule has 0 saturated heterocycles. The summed E-state index contributed by atoms with van der Waals surface area (Å²) in [6.07, 6.45) is 2.95. The van der Waals surface area contributed by atoms with Crippen molar-refractivity contribution in [3.63, 3.8) is 0 Å². The van der Waals surface area contributed by atoms with Gasteiger partial charge in [0.2, 0.25) is 5.82 Å². The van der Waals surface area contributed by atoms with Crippen molar-refractivity contribution in [3.05, 3.63) is 100 Å². The molecular weight excluding hydrogens is 468 g/mol. The molecule has 0 saturated carbocycles. The molecule has 4 heterocycles. The van der Waals surface area contributed by atoms with Crippen molar-refractivity contribution >= 4 is 16.6 Å². The van der Waals surface area contributed by atoms with E-state index in [9.17, 15) is 18.8 Å². The van der Waals surface area contributed by atoms with E-state index in [1.165, 1.54) is 45.6 Å². The van der Waals surface area contributed by atoms with Gasteiger partial charge < -0.3 is 4.52 Å². The van der Waals surface area contributed by atoms with Crippen LogP contribution in [0.25, 0.3) is 39.5 Å². The first-order chi connectivity index (χ1) is 17.5. The van der Waals surface area contributed by atoms with E-state index in [0.717, 1.165) is 6.07 Å². The highest BCUT2D eigenvalue weighted by Gasteiger charge is 2.24. The van der Waals surface area contributed by atoms with Crippen LogP contribution in [0.3, 0.4) is 0 Å². The van der Waals surface area contributed by atoms with Crippen LogP contribution in [0.1, 0.15) is 11.3 Å². The minimum atomic E-state index is -0.750. The third kappa shape index (κ3) is 3.32. The molecule has 9 nitrogen and oxygen atoms in total. The maximum absolute atomic E-state index is 14.6. The number of hydrogen-bond donors (Lipinski definition) is 0. The molecule has 4 aromatic heterocycles. The van der Waals surface area contributed by atoms with Crippen LogP contribution < -0.4 is 5.56 Å². The second-order valence-electron chi connectivity index (χ2n) is 7.86. The van der Waals surface area contributed by atoms with Gasteiger partial charge in [-0.15, -0.1) is 0 Å². The number of rotatable bonds is 4. The normalized spacial score (nSPS) is 11.2. The third-order valence-corrected chi connectivity index (χ3v) is 5.74. The van der Waals surface area contributed by atoms with Crippen LogP contribution in [0.4, 0.5) is 8.78 Å². The van der Waals surface area contributed by atoms with Gasteiger partial charge in [-0.25, -0.2) is 13.8 Å². The summed E-state index contributed by atoms with van der Waals surface area (Å²) < 4.78 is 36.0. The van der Waals surface area contributed by atoms with Gasteiger partial charge in [0.05, 0.1) is 23.3 Å². The lowest BCUT2D eigenvalue weighted by Gasteiger charge is -2.14. The zero-order valence-corrected chi connectivity index (χ0v) is 18.3. The van der Waals surface area contributed by atoms with Gasteiger partial charge >= 0.3 is 0 Å². The average molecular weight is 481 g/mol. The summed E-state index contributed by atoms with van der Waals surface area (Å²) in [6, 6.07) is 15.3. The summed E-state index contributed by atoms with van der Waals surface area (Å²) in [5.74, 6) is -0.995. The lowest BCUT2D eigenvalue weighted by molar-refractivity contribution is 0.431. The Balaban J connectivity index is 1.61. The highest BCUT2D eigenvalue weighted by molar-refractivity contribution is 5.87. The number of hydrogen-bond acceptors (Lipinski definition) is 7. The predicted octanol–water partition coefficient (Wildman–Crippen LogP) is 3.96. The molecule has 36 heavy (non-hydrogen) atoms. The van der Waals surface area contributed by atoms with Gasteiger partial charge in [0, 0.05) is 11.8 Å². The Labute approximate surface area is 200 Å². The monoisotopic (exact) mass is 481 g/mol. The first-order valence-corrected chi connectivity index (χ1v) is 10.7. The number of nitriles is 1. The Morgan fingerprint density at radius 3 is 2.58 bits per heavy atom. The van der Waals surface area contributed by atoms with E-state index in [1.807, 2.05) is 6.07 Å². The van der Waals surface area contributed by atoms with Gasteiger partial charge in [-0.2, -0.15) is 10.2 Å². The van der Waals surface area contributed by atoms with Crippen molar-refractivity contribution in [1.82, 2.24) is 29.1 Å². The van der Waals surface area contributed by atoms with Crippen LogP contribution in [0.2, 0.25) is 0 Å². The molecular formula is C25H13F2N7O2. The molecule has 0 aliphatic rings. The van der Waals surface area contributed by atoms with Crippen molar-refractivity contribution in [2.75, 3.05) is 0 Å². The SMILES string of the molecule is N#Cc1c(F)ccc2c1n(Cc1ccccn1)c(=O)c1c(-c3nc(-c4ccc(F)cc4)no3)ncn12. The summed E-state index contributed by atoms with van der Waals surface area (Å²) in [4.78, 5) is 26.7. The van der Waals surface area contributed by atoms with Crippen molar-refractivity contribution < 1.29 is 13.3 Å². The van der Waals surface area contributed by atoms with Gasteiger partial charge in [0.25, 0.3) is 11.4 Å². The Hall–Kier alpha value is -5.24. The lowest BCUT2D eigenvalue weighted by atomic mass is 10.1. The molecule has 0 amide bonds. The van der Waals surface area contributed by atoms with Gasteiger partial charge in [-0.3, -0.25) is 18.7 Å². The van der Waals surface area contributed by atoms with E-state index in [-0.39, 0.29) is 40.6 Å². The molecule has 6 rings (SSSR count). The van der Waals surface area contributed by atoms with Crippen LogP contribution >= 0.6 is 0 Å². The highest BCUT2D eigenvalue weighted by atomic mass is 19.1. The molecule has 0 fully saturated rings. The predicted molar refractivity (Wildman–Crippen MR) is 124 cm³/mol. The van der Waals surface area contributed by atoms with Crippen LogP contribution in [-0.4, -0.2) is 29.1 Å². The second kappa shape index (κ2) is 8.21. The second-order valence-corrected chi connectivity index (χ2v) is 7.86. The Morgan fingerprint density at radius 2 is 1.83 bits per heavy atom. The zero-order valence-electron chi connectivity index (χ0n) is 18.3. The first-order valence-electron chi connectivity index (χ1n) is 10.7. The minimum Gasteiger partial charge on any atom is -0.332 e. The summed E-state index contributed by atoms with van der Waals surface area (Å²) in [6.45, 7) is -0.0138. The van der Waals surface area contributed by atoms with Gasteiger partial charge in [0.1, 0.15) is 35.1 Å². The quantitative estimate of drug-likeness (QED) is 0.374. The fraction of sp³-hybridized carbons (Fsp3) is 0.0400. The maximum atomic E-state index is 14.6. The van der Waals surface area contributed by atoms with E-state index in [1.54, 1.807) is 24.4 Å². The molecule has 0 bridgehead atoms. The van der Waals surface area contributed by atoms with Crippen LogP contribution in [-0.2, 0) is 6.54 Å². The molecule has 0 spiro atoms. The topological polar surface area (TPSA) is 115 Å². The summed E-state index contributed by atoms with van der Waals surface area (Å²) in [5, 5.41) is 13.6. The fourth-order valence-corrected chi connectivity index (χ4v) is 4.09. The van der Waals surface area contributed by atoms with E-state index < -0.39 is 17.2 Å². The first kappa shape index (κ1) is 21.3. The number of imidazole rings is 1. The molecule has 174 valence electrons. The standard InChI is InChI=1S/C25H13F2N7O2/c26-15-6-4-14(5-7-15)23-31-24(36-32-23)20-22-25(35)33(12-16-3-1-2-10-29-16)21-17(11-28)18(27)8-9-19(21)34(22)13-30-20/h1-10,13H,12H2. The Morgan fingerprint density at radius 1 is 1.00 bits per heavy atom. The number of pyridine rings is 1. The largest absolute Gasteiger partial charge is 0.332 e. The highest BCUT2D eigenvalue weighted by Crippen LogP contribution is 2.28. The molecule has 11 heteroatoms. The maximum Gasteiger partial charge on any atom is 0.279 e. The third-order valence-electron chi connectivity index (χ3n) is 5.74. The molecule has 0 atom stereocenters. The van der Waals surface area contributed by atoms with Crippen LogP contribution in [0.5, 0.6) is 0 Å². The molecule has 0 radical (unpaired) electrons. The number of nitrogens with zero attached hydrogens (tertiary/aromatic N) is 7. The number of fused-ring (bicyclic) bond motifs is 3. The van der Waals surface area contributed by atoms with Gasteiger partial charge in [-0.1, -0.05) is 11.2 Å². The summed E-state index contributed by atoms with van der Waals surface area (Å²) in [7, 11) is 0. The fourth-order valence-electron chi connectivity index (χ4n) is 4.09. The lowest BCUT2D eigenvalue weighted by Crippen LogP contribution is -2.25. The molecule has 6 aromatic rings. The number of benzene rings is 2. The van der Waals surface area contributed by atoms with Crippen molar-refractivity contribution in [2.24, 2.45) is 0 Å². The van der Waals surface area contributed by atoms with Crippen molar-refractivity contribution in [2.45, 2.75) is 6.54 Å². The number of aromatic nitrogens is 6. The molecule has 0 aliphatic heterocycles. The zero-order chi connectivity index (χ0) is 24.8. The molecule has 0 unspecified atom stereocenters. The molecule has 0 aliphatic carbocycles. The minimum absolute atomic E-state index is 0.0138. The van der Waals surface area contributed by atoms with E-state index >= 15 is 0 Å². The number of halogens is 2. The molecule has 2 aromatic carbocycles. The Bertz CT molecular complexity index is 1870. The van der Waals surface area contributed by atoms with E-state index in [4.69, 9.17) is 4.52 Å². The summed E-state index contributed by atoms with van der Waals surface area (Å²) in [5.41, 5.74) is 0.942. The van der Waals surface area contributed by atoms with Crippen molar-refractivity contribution in [1.29, 1.82) is 5.26 Å². The van der Waals surface area contributed by atoms with E-state index in [2.05, 4.69) is 20.1 Å². The Kier molecular flexibility index (Phi) is 4.86. The van der Waals surface area contributed by atoms with E-state index in [0.29, 0.717) is 16.8 Å². The van der Waals surface area contributed by atoms with Gasteiger partial charge in [-0.05, 0) is 48.5 Å². The smallest absolute Gasteiger partial charge is 0.279 e. The average Bonchev–Trinajstić information content (AvgIpc) is 3.55. The summed E-state index contributed by atoms with van der Waals surface area (Å²) >= 11 is 0. The van der Waals surface area contributed by atoms with Crippen LogP contribution in [0, 0.1) is 23.0 Å². The van der Waals surface area contributed by atoms with Crippen LogP contribution in [0.15, 0.2) is 76.4 Å². The van der Waals surface area contributed by atoms with Gasteiger partial charge in [0.15, 0.2) is 5.69 Å². The molecule has 0 N–H and O–H groups in total. The van der Waals surface area contributed by atoms with Crippen molar-refractivity contribution in [3.8, 4) is 29.0 Å².